The third-order valence-corrected chi connectivity index (χ3v) is 7.66. The van der Waals surface area contributed by atoms with Crippen molar-refractivity contribution in [1.29, 1.82) is 5.26 Å². The van der Waals surface area contributed by atoms with Crippen LogP contribution in [-0.2, 0) is 4.74 Å². The van der Waals surface area contributed by atoms with E-state index in [4.69, 9.17) is 4.74 Å². The Labute approximate surface area is 211 Å². The van der Waals surface area contributed by atoms with Gasteiger partial charge in [0.15, 0.2) is 0 Å². The molecule has 0 unspecified atom stereocenters. The molecule has 2 heterocycles. The molecule has 1 amide bonds. The lowest BCUT2D eigenvalue weighted by atomic mass is 9.92. The summed E-state index contributed by atoms with van der Waals surface area (Å²) in [6.45, 7) is 7.64. The summed E-state index contributed by atoms with van der Waals surface area (Å²) < 4.78 is 7.76. The SMILES string of the molecule is CC(C)(C)OC(=O)Nc1ccc(-c2c(C#N)c3ccc(N4CCSCC4)cc3n2C2CCC2)cc1. The molecule has 2 aliphatic rings. The zero-order valence-corrected chi connectivity index (χ0v) is 21.5. The molecule has 182 valence electrons. The minimum Gasteiger partial charge on any atom is -0.444 e. The number of nitriles is 1. The summed E-state index contributed by atoms with van der Waals surface area (Å²) >= 11 is 2.01. The van der Waals surface area contributed by atoms with Gasteiger partial charge in [-0.2, -0.15) is 17.0 Å². The Hall–Kier alpha value is -3.11. The monoisotopic (exact) mass is 488 g/mol. The van der Waals surface area contributed by atoms with Crippen LogP contribution in [0.5, 0.6) is 0 Å². The molecule has 0 bridgehead atoms. The van der Waals surface area contributed by atoms with Crippen molar-refractivity contribution in [2.24, 2.45) is 0 Å². The smallest absolute Gasteiger partial charge is 0.412 e. The summed E-state index contributed by atoms with van der Waals surface area (Å²) in [5, 5.41) is 14.0. The van der Waals surface area contributed by atoms with E-state index in [2.05, 4.69) is 39.1 Å². The minimum atomic E-state index is -0.554. The first-order valence-corrected chi connectivity index (χ1v) is 13.5. The summed E-state index contributed by atoms with van der Waals surface area (Å²) in [5.41, 5.74) is 5.18. The van der Waals surface area contributed by atoms with Gasteiger partial charge in [-0.1, -0.05) is 12.1 Å². The second kappa shape index (κ2) is 9.50. The van der Waals surface area contributed by atoms with Crippen molar-refractivity contribution < 1.29 is 9.53 Å². The van der Waals surface area contributed by atoms with Crippen LogP contribution in [0.1, 0.15) is 51.6 Å². The van der Waals surface area contributed by atoms with E-state index >= 15 is 0 Å². The van der Waals surface area contributed by atoms with E-state index in [1.165, 1.54) is 12.1 Å². The molecule has 0 spiro atoms. The average Bonchev–Trinajstić information content (AvgIpc) is 3.11. The molecule has 35 heavy (non-hydrogen) atoms. The second-order valence-electron chi connectivity index (χ2n) is 10.3. The third-order valence-electron chi connectivity index (χ3n) is 6.72. The number of thioether (sulfide) groups is 1. The minimum absolute atomic E-state index is 0.404. The van der Waals surface area contributed by atoms with Gasteiger partial charge >= 0.3 is 6.09 Å². The van der Waals surface area contributed by atoms with Crippen LogP contribution in [0.2, 0.25) is 0 Å². The summed E-state index contributed by atoms with van der Waals surface area (Å²) in [6.07, 6.45) is 3.00. The number of carbonyl (C=O) groups excluding carboxylic acids is 1. The van der Waals surface area contributed by atoms with Crippen molar-refractivity contribution in [2.45, 2.75) is 51.7 Å². The van der Waals surface area contributed by atoms with Crippen LogP contribution in [0, 0.1) is 11.3 Å². The first kappa shape index (κ1) is 23.6. The highest BCUT2D eigenvalue weighted by molar-refractivity contribution is 7.99. The number of rotatable bonds is 4. The number of fused-ring (bicyclic) bond motifs is 1. The Morgan fingerprint density at radius 2 is 1.83 bits per heavy atom. The van der Waals surface area contributed by atoms with Crippen LogP contribution in [0.25, 0.3) is 22.2 Å². The lowest BCUT2D eigenvalue weighted by Crippen LogP contribution is -2.32. The first-order chi connectivity index (χ1) is 16.8. The Morgan fingerprint density at radius 3 is 2.43 bits per heavy atom. The maximum absolute atomic E-state index is 12.2. The van der Waals surface area contributed by atoms with Crippen LogP contribution in [0.4, 0.5) is 16.2 Å². The molecule has 1 aliphatic carbocycles. The second-order valence-corrected chi connectivity index (χ2v) is 11.5. The molecule has 0 atom stereocenters. The Kier molecular flexibility index (Phi) is 6.41. The van der Waals surface area contributed by atoms with Crippen LogP contribution < -0.4 is 10.2 Å². The molecule has 0 radical (unpaired) electrons. The zero-order valence-electron chi connectivity index (χ0n) is 20.6. The molecule has 1 aromatic heterocycles. The largest absolute Gasteiger partial charge is 0.444 e. The molecule has 1 aliphatic heterocycles. The molecule has 5 rings (SSSR count). The van der Waals surface area contributed by atoms with Gasteiger partial charge in [0.1, 0.15) is 11.7 Å². The van der Waals surface area contributed by atoms with E-state index < -0.39 is 11.7 Å². The van der Waals surface area contributed by atoms with Gasteiger partial charge in [-0.3, -0.25) is 5.32 Å². The van der Waals surface area contributed by atoms with Crippen molar-refractivity contribution in [1.82, 2.24) is 4.57 Å². The fraction of sp³-hybridized carbons (Fsp3) is 0.429. The number of anilines is 2. The molecule has 3 aromatic rings. The normalized spacial score (nSPS) is 16.6. The predicted molar refractivity (Wildman–Crippen MR) is 144 cm³/mol. The number of ether oxygens (including phenoxy) is 1. The highest BCUT2D eigenvalue weighted by atomic mass is 32.2. The number of hydrogen-bond acceptors (Lipinski definition) is 5. The first-order valence-electron chi connectivity index (χ1n) is 12.4. The highest BCUT2D eigenvalue weighted by Gasteiger charge is 2.28. The average molecular weight is 489 g/mol. The van der Waals surface area contributed by atoms with Crippen molar-refractivity contribution in [3.8, 4) is 17.3 Å². The molecule has 2 aromatic carbocycles. The molecule has 2 fully saturated rings. The number of carbonyl (C=O) groups is 1. The molecular weight excluding hydrogens is 456 g/mol. The summed E-state index contributed by atoms with van der Waals surface area (Å²) in [6, 6.07) is 17.2. The summed E-state index contributed by atoms with van der Waals surface area (Å²) in [4.78, 5) is 14.6. The Bertz CT molecular complexity index is 1270. The van der Waals surface area contributed by atoms with E-state index in [1.807, 2.05) is 56.8 Å². The van der Waals surface area contributed by atoms with Gasteiger partial charge < -0.3 is 14.2 Å². The quantitative estimate of drug-likeness (QED) is 0.437. The third kappa shape index (κ3) is 4.85. The van der Waals surface area contributed by atoms with Gasteiger partial charge in [-0.15, -0.1) is 0 Å². The van der Waals surface area contributed by atoms with Crippen LogP contribution in [0.15, 0.2) is 42.5 Å². The predicted octanol–water partition coefficient (Wildman–Crippen LogP) is 6.81. The van der Waals surface area contributed by atoms with Gasteiger partial charge in [0, 0.05) is 47.4 Å². The molecular formula is C28H32N4O2S. The van der Waals surface area contributed by atoms with Gasteiger partial charge in [0.25, 0.3) is 0 Å². The lowest BCUT2D eigenvalue weighted by molar-refractivity contribution is 0.0636. The van der Waals surface area contributed by atoms with Gasteiger partial charge in [-0.25, -0.2) is 4.79 Å². The van der Waals surface area contributed by atoms with Crippen molar-refractivity contribution in [2.75, 3.05) is 34.8 Å². The highest BCUT2D eigenvalue weighted by Crippen LogP contribution is 2.43. The van der Waals surface area contributed by atoms with Crippen LogP contribution >= 0.6 is 11.8 Å². The van der Waals surface area contributed by atoms with E-state index in [1.54, 1.807) is 0 Å². The maximum atomic E-state index is 12.2. The number of nitrogens with zero attached hydrogens (tertiary/aromatic N) is 3. The maximum Gasteiger partial charge on any atom is 0.412 e. The standard InChI is InChI=1S/C28H32N4O2S/c1-28(2,3)34-27(33)30-20-9-7-19(8-10-20)26-24(18-29)23-12-11-22(31-13-15-35-16-14-31)17-25(23)32(26)21-5-4-6-21/h7-12,17,21H,4-6,13-16H2,1-3H3,(H,30,33). The van der Waals surface area contributed by atoms with Crippen LogP contribution in [-0.4, -0.2) is 40.9 Å². The molecule has 6 nitrogen and oxygen atoms in total. The number of aromatic nitrogens is 1. The molecule has 1 saturated carbocycles. The Balaban J connectivity index is 1.54. The fourth-order valence-corrected chi connectivity index (χ4v) is 5.77. The van der Waals surface area contributed by atoms with E-state index in [9.17, 15) is 10.1 Å². The topological polar surface area (TPSA) is 70.3 Å². The lowest BCUT2D eigenvalue weighted by Gasteiger charge is -2.31. The van der Waals surface area contributed by atoms with Gasteiger partial charge in [0.2, 0.25) is 0 Å². The Morgan fingerprint density at radius 1 is 1.11 bits per heavy atom. The number of hydrogen-bond donors (Lipinski definition) is 1. The van der Waals surface area contributed by atoms with Gasteiger partial charge in [-0.05, 0) is 75.9 Å². The van der Waals surface area contributed by atoms with Crippen molar-refractivity contribution in [3.63, 3.8) is 0 Å². The van der Waals surface area contributed by atoms with Crippen molar-refractivity contribution in [3.05, 3.63) is 48.0 Å². The number of benzene rings is 2. The number of amides is 1. The number of nitrogens with one attached hydrogen (secondary N) is 1. The molecule has 1 N–H and O–H groups in total. The summed E-state index contributed by atoms with van der Waals surface area (Å²) in [7, 11) is 0. The van der Waals surface area contributed by atoms with E-state index in [0.29, 0.717) is 11.7 Å². The van der Waals surface area contributed by atoms with E-state index in [0.717, 1.165) is 65.2 Å². The molecule has 7 heteroatoms. The molecule has 1 saturated heterocycles. The zero-order chi connectivity index (χ0) is 24.6. The van der Waals surface area contributed by atoms with Crippen molar-refractivity contribution >= 4 is 40.1 Å². The van der Waals surface area contributed by atoms with E-state index in [-0.39, 0.29) is 0 Å². The summed E-state index contributed by atoms with van der Waals surface area (Å²) in [5.74, 6) is 2.31. The van der Waals surface area contributed by atoms with Crippen LogP contribution in [0.3, 0.4) is 0 Å². The van der Waals surface area contributed by atoms with Gasteiger partial charge in [0.05, 0.1) is 16.8 Å². The fourth-order valence-electron chi connectivity index (χ4n) is 4.87.